The number of para-hydroxylation sites is 2. The third-order valence-corrected chi connectivity index (χ3v) is 6.62. The van der Waals surface area contributed by atoms with Crippen LogP contribution in [0.3, 0.4) is 0 Å². The van der Waals surface area contributed by atoms with E-state index < -0.39 is 32.7 Å². The predicted octanol–water partition coefficient (Wildman–Crippen LogP) is 3.16. The Kier molecular flexibility index (Phi) is 6.76. The zero-order valence-electron chi connectivity index (χ0n) is 18.0. The molecule has 3 rings (SSSR count). The molecule has 0 aliphatic heterocycles. The van der Waals surface area contributed by atoms with Crippen LogP contribution in [0.15, 0.2) is 53.4 Å². The van der Waals surface area contributed by atoms with Crippen molar-refractivity contribution < 1.29 is 17.6 Å². The summed E-state index contributed by atoms with van der Waals surface area (Å²) >= 11 is 0. The number of imidazole rings is 1. The summed E-state index contributed by atoms with van der Waals surface area (Å²) in [7, 11) is -2.61. The van der Waals surface area contributed by atoms with Crippen LogP contribution in [0.5, 0.6) is 0 Å². The molecule has 1 amide bonds. The van der Waals surface area contributed by atoms with Gasteiger partial charge in [0.05, 0.1) is 17.6 Å². The Hall–Kier alpha value is -2.78. The van der Waals surface area contributed by atoms with E-state index in [1.165, 1.54) is 23.1 Å². The second-order valence-corrected chi connectivity index (χ2v) is 9.41. The van der Waals surface area contributed by atoms with Crippen molar-refractivity contribution in [2.45, 2.75) is 44.8 Å². The van der Waals surface area contributed by atoms with Gasteiger partial charge in [-0.15, -0.1) is 0 Å². The van der Waals surface area contributed by atoms with Gasteiger partial charge in [0.15, 0.2) is 0 Å². The summed E-state index contributed by atoms with van der Waals surface area (Å²) in [4.78, 5) is 18.8. The molecular formula is C22H27FN4O3S. The monoisotopic (exact) mass is 446 g/mol. The molecule has 0 saturated carbocycles. The van der Waals surface area contributed by atoms with Crippen molar-refractivity contribution in [3.05, 3.63) is 60.2 Å². The van der Waals surface area contributed by atoms with Crippen LogP contribution in [0, 0.1) is 11.7 Å². The standard InChI is InChI=1S/C22H27FN4O3S/c1-5-27-18-12-8-7-11-17(18)24-20(27)14-26(4)22(28)21(15(2)3)25-31(29,30)19-13-9-6-10-16(19)23/h6-13,15,21,25H,5,14H2,1-4H3/t21-/m0/s1. The molecule has 0 radical (unpaired) electrons. The van der Waals surface area contributed by atoms with Crippen LogP contribution in [0.2, 0.25) is 0 Å². The molecule has 0 bridgehead atoms. The van der Waals surface area contributed by atoms with Gasteiger partial charge in [0.1, 0.15) is 22.6 Å². The number of sulfonamides is 1. The van der Waals surface area contributed by atoms with E-state index in [0.717, 1.165) is 17.1 Å². The molecule has 0 saturated heterocycles. The molecular weight excluding hydrogens is 419 g/mol. The average Bonchev–Trinajstić information content (AvgIpc) is 3.08. The quantitative estimate of drug-likeness (QED) is 0.576. The lowest BCUT2D eigenvalue weighted by Gasteiger charge is -2.27. The van der Waals surface area contributed by atoms with Gasteiger partial charge in [-0.1, -0.05) is 38.1 Å². The topological polar surface area (TPSA) is 84.3 Å². The lowest BCUT2D eigenvalue weighted by Crippen LogP contribution is -2.50. The number of carbonyl (C=O) groups is 1. The number of halogens is 1. The number of amides is 1. The number of rotatable bonds is 8. The fourth-order valence-corrected chi connectivity index (χ4v) is 4.91. The summed E-state index contributed by atoms with van der Waals surface area (Å²) in [6.45, 7) is 6.37. The minimum atomic E-state index is -4.21. The average molecular weight is 447 g/mol. The molecule has 0 fully saturated rings. The third-order valence-electron chi connectivity index (χ3n) is 5.15. The molecule has 1 N–H and O–H groups in total. The lowest BCUT2D eigenvalue weighted by molar-refractivity contribution is -0.133. The highest BCUT2D eigenvalue weighted by molar-refractivity contribution is 7.89. The summed E-state index contributed by atoms with van der Waals surface area (Å²) in [6, 6.07) is 11.8. The van der Waals surface area contributed by atoms with Crippen LogP contribution < -0.4 is 4.72 Å². The van der Waals surface area contributed by atoms with E-state index in [0.29, 0.717) is 12.4 Å². The van der Waals surface area contributed by atoms with E-state index in [4.69, 9.17) is 0 Å². The zero-order valence-corrected chi connectivity index (χ0v) is 18.9. The molecule has 1 heterocycles. The molecule has 2 aromatic carbocycles. The highest BCUT2D eigenvalue weighted by Crippen LogP contribution is 2.19. The molecule has 7 nitrogen and oxygen atoms in total. The zero-order chi connectivity index (χ0) is 22.8. The molecule has 0 spiro atoms. The number of likely N-dealkylation sites (N-methyl/N-ethyl adjacent to an activating group) is 1. The van der Waals surface area contributed by atoms with Crippen molar-refractivity contribution in [1.29, 1.82) is 0 Å². The first-order valence-corrected chi connectivity index (χ1v) is 11.6. The number of carbonyl (C=O) groups excluding carboxylic acids is 1. The van der Waals surface area contributed by atoms with E-state index >= 15 is 0 Å². The highest BCUT2D eigenvalue weighted by atomic mass is 32.2. The maximum atomic E-state index is 14.0. The smallest absolute Gasteiger partial charge is 0.244 e. The van der Waals surface area contributed by atoms with Crippen molar-refractivity contribution >= 4 is 27.0 Å². The van der Waals surface area contributed by atoms with E-state index in [1.807, 2.05) is 35.8 Å². The third kappa shape index (κ3) is 4.77. The fourth-order valence-electron chi connectivity index (χ4n) is 3.49. The second-order valence-electron chi connectivity index (χ2n) is 7.73. The second kappa shape index (κ2) is 9.15. The number of nitrogens with zero attached hydrogens (tertiary/aromatic N) is 3. The first-order chi connectivity index (χ1) is 14.7. The summed E-state index contributed by atoms with van der Waals surface area (Å²) in [5, 5.41) is 0. The summed E-state index contributed by atoms with van der Waals surface area (Å²) in [5.74, 6) is -0.917. The maximum Gasteiger partial charge on any atom is 0.244 e. The first-order valence-electron chi connectivity index (χ1n) is 10.1. The van der Waals surface area contributed by atoms with E-state index in [-0.39, 0.29) is 12.5 Å². The summed E-state index contributed by atoms with van der Waals surface area (Å²) in [5.41, 5.74) is 1.81. The van der Waals surface area contributed by atoms with E-state index in [1.54, 1.807) is 20.9 Å². The Morgan fingerprint density at radius 1 is 1.16 bits per heavy atom. The van der Waals surface area contributed by atoms with Gasteiger partial charge in [-0.3, -0.25) is 4.79 Å². The van der Waals surface area contributed by atoms with Gasteiger partial charge >= 0.3 is 0 Å². The normalized spacial score (nSPS) is 13.0. The number of hydrogen-bond donors (Lipinski definition) is 1. The van der Waals surface area contributed by atoms with Crippen molar-refractivity contribution in [3.63, 3.8) is 0 Å². The predicted molar refractivity (Wildman–Crippen MR) is 117 cm³/mol. The molecule has 0 aliphatic carbocycles. The molecule has 166 valence electrons. The molecule has 31 heavy (non-hydrogen) atoms. The number of benzene rings is 2. The van der Waals surface area contributed by atoms with Crippen LogP contribution in [0.1, 0.15) is 26.6 Å². The van der Waals surface area contributed by atoms with Crippen LogP contribution >= 0.6 is 0 Å². The van der Waals surface area contributed by atoms with Crippen LogP contribution in [-0.2, 0) is 27.9 Å². The first kappa shape index (κ1) is 22.9. The number of hydrogen-bond acceptors (Lipinski definition) is 4. The summed E-state index contributed by atoms with van der Waals surface area (Å²) in [6.07, 6.45) is 0. The SMILES string of the molecule is CCn1c(CN(C)C(=O)[C@@H](NS(=O)(=O)c2ccccc2F)C(C)C)nc2ccccc21. The number of fused-ring (bicyclic) bond motifs is 1. The lowest BCUT2D eigenvalue weighted by atomic mass is 10.0. The number of aromatic nitrogens is 2. The van der Waals surface area contributed by atoms with Gasteiger partial charge in [-0.2, -0.15) is 4.72 Å². The maximum absolute atomic E-state index is 14.0. The Morgan fingerprint density at radius 2 is 1.81 bits per heavy atom. The van der Waals surface area contributed by atoms with Gasteiger partial charge in [-0.05, 0) is 37.1 Å². The van der Waals surface area contributed by atoms with Crippen LogP contribution in [0.4, 0.5) is 4.39 Å². The fraction of sp³-hybridized carbons (Fsp3) is 0.364. The van der Waals surface area contributed by atoms with Crippen molar-refractivity contribution in [3.8, 4) is 0 Å². The minimum absolute atomic E-state index is 0.214. The molecule has 3 aromatic rings. The Labute approximate surface area is 181 Å². The van der Waals surface area contributed by atoms with Gasteiger partial charge in [0, 0.05) is 13.6 Å². The van der Waals surface area contributed by atoms with Crippen molar-refractivity contribution in [1.82, 2.24) is 19.2 Å². The van der Waals surface area contributed by atoms with Gasteiger partial charge < -0.3 is 9.47 Å². The minimum Gasteiger partial charge on any atom is -0.337 e. The Bertz CT molecular complexity index is 1190. The van der Waals surface area contributed by atoms with Gasteiger partial charge in [0.25, 0.3) is 0 Å². The number of aryl methyl sites for hydroxylation is 1. The Morgan fingerprint density at radius 3 is 2.45 bits per heavy atom. The Balaban J connectivity index is 1.84. The van der Waals surface area contributed by atoms with Crippen molar-refractivity contribution in [2.24, 2.45) is 5.92 Å². The molecule has 9 heteroatoms. The molecule has 0 unspecified atom stereocenters. The van der Waals surface area contributed by atoms with Gasteiger partial charge in [-0.25, -0.2) is 17.8 Å². The largest absolute Gasteiger partial charge is 0.337 e. The van der Waals surface area contributed by atoms with E-state index in [2.05, 4.69) is 9.71 Å². The highest BCUT2D eigenvalue weighted by Gasteiger charge is 2.32. The van der Waals surface area contributed by atoms with Gasteiger partial charge in [0.2, 0.25) is 15.9 Å². The summed E-state index contributed by atoms with van der Waals surface area (Å²) < 4.78 is 43.9. The number of nitrogens with one attached hydrogen (secondary N) is 1. The van der Waals surface area contributed by atoms with Crippen LogP contribution in [0.25, 0.3) is 11.0 Å². The molecule has 1 atom stereocenters. The van der Waals surface area contributed by atoms with Crippen molar-refractivity contribution in [2.75, 3.05) is 7.05 Å². The molecule has 0 aliphatic rings. The van der Waals surface area contributed by atoms with E-state index in [9.17, 15) is 17.6 Å². The molecule has 1 aromatic heterocycles. The van der Waals surface area contributed by atoms with Crippen LogP contribution in [-0.4, -0.2) is 41.9 Å².